The number of fused-ring (bicyclic) bond motifs is 1. The molecular formula is C24H24O5. The van der Waals surface area contributed by atoms with Crippen molar-refractivity contribution in [2.45, 2.75) is 44.9 Å². The highest BCUT2D eigenvalue weighted by Gasteiger charge is 2.43. The van der Waals surface area contributed by atoms with E-state index in [0.29, 0.717) is 35.5 Å². The van der Waals surface area contributed by atoms with E-state index in [4.69, 9.17) is 9.15 Å². The quantitative estimate of drug-likeness (QED) is 0.604. The lowest BCUT2D eigenvalue weighted by Crippen LogP contribution is -2.13. The molecule has 2 unspecified atom stereocenters. The van der Waals surface area contributed by atoms with Crippen LogP contribution in [-0.2, 0) is 6.42 Å². The van der Waals surface area contributed by atoms with Gasteiger partial charge in [0.25, 0.3) is 0 Å². The predicted molar refractivity (Wildman–Crippen MR) is 111 cm³/mol. The third kappa shape index (κ3) is 3.65. The Balaban J connectivity index is 1.72. The third-order valence-corrected chi connectivity index (χ3v) is 5.51. The van der Waals surface area contributed by atoms with Crippen LogP contribution in [0.25, 0.3) is 11.0 Å². The molecule has 150 valence electrons. The zero-order valence-electron chi connectivity index (χ0n) is 16.6. The van der Waals surface area contributed by atoms with Crippen molar-refractivity contribution in [1.82, 2.24) is 0 Å². The molecule has 1 aliphatic rings. The van der Waals surface area contributed by atoms with Crippen molar-refractivity contribution < 1.29 is 19.1 Å². The van der Waals surface area contributed by atoms with E-state index in [1.807, 2.05) is 26.0 Å². The Morgan fingerprint density at radius 2 is 1.90 bits per heavy atom. The summed E-state index contributed by atoms with van der Waals surface area (Å²) in [6.45, 7) is 4.62. The lowest BCUT2D eigenvalue weighted by molar-refractivity contribution is 0.0697. The minimum atomic E-state index is -1.05. The molecule has 0 amide bonds. The van der Waals surface area contributed by atoms with Crippen LogP contribution in [0.1, 0.15) is 65.8 Å². The molecule has 1 aromatic heterocycles. The summed E-state index contributed by atoms with van der Waals surface area (Å²) in [5.41, 5.74) is 2.33. The Morgan fingerprint density at radius 3 is 2.55 bits per heavy atom. The van der Waals surface area contributed by atoms with Crippen LogP contribution >= 0.6 is 0 Å². The number of carbonyl (C=O) groups is 1. The largest absolute Gasteiger partial charge is 0.494 e. The first kappa shape index (κ1) is 19.2. The van der Waals surface area contributed by atoms with Crippen LogP contribution in [0.4, 0.5) is 0 Å². The van der Waals surface area contributed by atoms with Crippen LogP contribution in [-0.4, -0.2) is 17.7 Å². The van der Waals surface area contributed by atoms with E-state index in [9.17, 15) is 14.7 Å². The van der Waals surface area contributed by atoms with Crippen molar-refractivity contribution in [3.8, 4) is 5.75 Å². The minimum Gasteiger partial charge on any atom is -0.494 e. The van der Waals surface area contributed by atoms with E-state index in [1.54, 1.807) is 6.07 Å². The van der Waals surface area contributed by atoms with Gasteiger partial charge in [0, 0.05) is 11.5 Å². The second-order valence-electron chi connectivity index (χ2n) is 7.49. The van der Waals surface area contributed by atoms with Crippen LogP contribution in [0.5, 0.6) is 5.75 Å². The molecule has 0 aliphatic heterocycles. The Kier molecular flexibility index (Phi) is 5.14. The van der Waals surface area contributed by atoms with Crippen LogP contribution < -0.4 is 10.2 Å². The van der Waals surface area contributed by atoms with Crippen molar-refractivity contribution in [3.63, 3.8) is 0 Å². The summed E-state index contributed by atoms with van der Waals surface area (Å²) < 4.78 is 11.7. The Hall–Kier alpha value is -3.08. The van der Waals surface area contributed by atoms with Gasteiger partial charge in [0.1, 0.15) is 17.1 Å². The van der Waals surface area contributed by atoms with Gasteiger partial charge in [-0.1, -0.05) is 25.5 Å². The Bertz CT molecular complexity index is 1110. The molecule has 2 atom stereocenters. The first-order valence-electron chi connectivity index (χ1n) is 10.1. The summed E-state index contributed by atoms with van der Waals surface area (Å²) in [7, 11) is 0. The number of hydrogen-bond acceptors (Lipinski definition) is 4. The summed E-state index contributed by atoms with van der Waals surface area (Å²) in [5.74, 6) is 1.05. The summed E-state index contributed by atoms with van der Waals surface area (Å²) in [4.78, 5) is 24.4. The van der Waals surface area contributed by atoms with Crippen molar-refractivity contribution in [1.29, 1.82) is 0 Å². The van der Waals surface area contributed by atoms with Crippen molar-refractivity contribution in [2.75, 3.05) is 6.61 Å². The van der Waals surface area contributed by atoms with Gasteiger partial charge in [0.2, 0.25) is 0 Å². The van der Waals surface area contributed by atoms with E-state index in [2.05, 4.69) is 12.1 Å². The van der Waals surface area contributed by atoms with Gasteiger partial charge in [0.15, 0.2) is 5.43 Å². The van der Waals surface area contributed by atoms with Gasteiger partial charge in [0.05, 0.1) is 17.6 Å². The molecule has 5 heteroatoms. The van der Waals surface area contributed by atoms with Crippen LogP contribution in [0.2, 0.25) is 0 Å². The number of carboxylic acids is 1. The van der Waals surface area contributed by atoms with Crippen molar-refractivity contribution in [3.05, 3.63) is 75.1 Å². The van der Waals surface area contributed by atoms with E-state index in [1.165, 1.54) is 17.7 Å². The predicted octanol–water partition coefficient (Wildman–Crippen LogP) is 5.11. The number of ether oxygens (including phenoxy) is 1. The highest BCUT2D eigenvalue weighted by molar-refractivity contribution is 5.92. The van der Waals surface area contributed by atoms with Crippen LogP contribution in [0, 0.1) is 0 Å². The van der Waals surface area contributed by atoms with E-state index >= 15 is 0 Å². The highest BCUT2D eigenvalue weighted by Crippen LogP contribution is 2.55. The fourth-order valence-corrected chi connectivity index (χ4v) is 4.00. The lowest BCUT2D eigenvalue weighted by Gasteiger charge is -2.10. The van der Waals surface area contributed by atoms with Crippen molar-refractivity contribution >= 4 is 16.9 Å². The molecular weight excluding hydrogens is 368 g/mol. The molecule has 4 rings (SSSR count). The number of hydrogen-bond donors (Lipinski definition) is 1. The summed E-state index contributed by atoms with van der Waals surface area (Å²) in [5, 5.41) is 9.58. The number of rotatable bonds is 7. The minimum absolute atomic E-state index is 0.0960. The van der Waals surface area contributed by atoms with E-state index in [-0.39, 0.29) is 16.9 Å². The summed E-state index contributed by atoms with van der Waals surface area (Å²) >= 11 is 0. The smallest absolute Gasteiger partial charge is 0.335 e. The standard InChI is InChI=1S/C24H24O5/c1-3-5-17-22(25)20-12-15(24(26)27)8-11-21(20)29-23(17)19-13-18(19)14-6-9-16(10-7-14)28-4-2/h6-12,18-19H,3-5,13H2,1-2H3,(H,26,27). The van der Waals surface area contributed by atoms with Crippen molar-refractivity contribution in [2.24, 2.45) is 0 Å². The molecule has 29 heavy (non-hydrogen) atoms. The van der Waals surface area contributed by atoms with E-state index < -0.39 is 5.97 Å². The first-order valence-corrected chi connectivity index (χ1v) is 10.1. The van der Waals surface area contributed by atoms with Gasteiger partial charge in [-0.15, -0.1) is 0 Å². The normalized spacial score (nSPS) is 18.0. The number of carboxylic acid groups (broad SMARTS) is 1. The number of aromatic carboxylic acids is 1. The molecule has 5 nitrogen and oxygen atoms in total. The topological polar surface area (TPSA) is 76.7 Å². The maximum Gasteiger partial charge on any atom is 0.335 e. The van der Waals surface area contributed by atoms with Gasteiger partial charge >= 0.3 is 5.97 Å². The van der Waals surface area contributed by atoms with Gasteiger partial charge < -0.3 is 14.3 Å². The average Bonchev–Trinajstić information content (AvgIpc) is 3.51. The maximum atomic E-state index is 13.1. The second kappa shape index (κ2) is 7.74. The van der Waals surface area contributed by atoms with Crippen LogP contribution in [0.15, 0.2) is 51.7 Å². The molecule has 0 spiro atoms. The maximum absolute atomic E-state index is 13.1. The lowest BCUT2D eigenvalue weighted by atomic mass is 10.0. The fourth-order valence-electron chi connectivity index (χ4n) is 4.00. The zero-order chi connectivity index (χ0) is 20.5. The molecule has 2 aromatic carbocycles. The Morgan fingerprint density at radius 1 is 1.14 bits per heavy atom. The van der Waals surface area contributed by atoms with E-state index in [0.717, 1.165) is 24.4 Å². The molecule has 1 saturated carbocycles. The molecule has 1 heterocycles. The third-order valence-electron chi connectivity index (χ3n) is 5.51. The molecule has 1 fully saturated rings. The Labute approximate surface area is 168 Å². The van der Waals surface area contributed by atoms with Gasteiger partial charge in [-0.3, -0.25) is 4.79 Å². The molecule has 0 bridgehead atoms. The summed E-state index contributed by atoms with van der Waals surface area (Å²) in [6, 6.07) is 12.6. The average molecular weight is 392 g/mol. The highest BCUT2D eigenvalue weighted by atomic mass is 16.5. The first-order chi connectivity index (χ1) is 14.0. The summed E-state index contributed by atoms with van der Waals surface area (Å²) in [6.07, 6.45) is 2.38. The molecule has 0 saturated heterocycles. The zero-order valence-corrected chi connectivity index (χ0v) is 16.6. The SMILES string of the molecule is CCCc1c(C2CC2c2ccc(OCC)cc2)oc2ccc(C(=O)O)cc2c1=O. The molecule has 0 radical (unpaired) electrons. The van der Waals surface area contributed by atoms with Crippen LogP contribution in [0.3, 0.4) is 0 Å². The fraction of sp³-hybridized carbons (Fsp3) is 0.333. The molecule has 3 aromatic rings. The van der Waals surface area contributed by atoms with Gasteiger partial charge in [-0.2, -0.15) is 0 Å². The monoisotopic (exact) mass is 392 g/mol. The van der Waals surface area contributed by atoms with Gasteiger partial charge in [-0.25, -0.2) is 4.79 Å². The second-order valence-corrected chi connectivity index (χ2v) is 7.49. The number of benzene rings is 2. The van der Waals surface area contributed by atoms with Gasteiger partial charge in [-0.05, 0) is 61.6 Å². The molecule has 1 N–H and O–H groups in total. The molecule has 1 aliphatic carbocycles.